The Bertz CT molecular complexity index is 1160. The van der Waals surface area contributed by atoms with Crippen LogP contribution in [0.2, 0.25) is 0 Å². The number of halogens is 3. The minimum atomic E-state index is -4.45. The van der Waals surface area contributed by atoms with Crippen molar-refractivity contribution in [1.82, 2.24) is 19.6 Å². The van der Waals surface area contributed by atoms with Gasteiger partial charge in [0, 0.05) is 43.9 Å². The Morgan fingerprint density at radius 3 is 2.83 bits per heavy atom. The van der Waals surface area contributed by atoms with Crippen molar-refractivity contribution in [3.05, 3.63) is 71.2 Å². The number of amides is 1. The molecule has 1 N–H and O–H groups in total. The van der Waals surface area contributed by atoms with Gasteiger partial charge >= 0.3 is 6.18 Å². The highest BCUT2D eigenvalue weighted by Crippen LogP contribution is 2.34. The predicted octanol–water partition coefficient (Wildman–Crippen LogP) is 5.56. The van der Waals surface area contributed by atoms with Gasteiger partial charge in [0.25, 0.3) is 0 Å². The van der Waals surface area contributed by atoms with Crippen LogP contribution in [0.1, 0.15) is 67.3 Å². The lowest BCUT2D eigenvalue weighted by Gasteiger charge is -2.33. The monoisotopic (exact) mass is 486 g/mol. The molecule has 8 heteroatoms. The summed E-state index contributed by atoms with van der Waals surface area (Å²) in [6.07, 6.45) is 3.65. The quantitative estimate of drug-likeness (QED) is 0.424. The average Bonchev–Trinajstić information content (AvgIpc) is 3.23. The maximum atomic E-state index is 13.4. The summed E-state index contributed by atoms with van der Waals surface area (Å²) in [7, 11) is 0. The molecule has 0 aliphatic carbocycles. The van der Waals surface area contributed by atoms with Crippen molar-refractivity contribution in [2.45, 2.75) is 64.1 Å². The van der Waals surface area contributed by atoms with Crippen LogP contribution in [0.25, 0.3) is 5.65 Å². The smallest absolute Gasteiger partial charge is 0.356 e. The van der Waals surface area contributed by atoms with E-state index >= 15 is 0 Å². The summed E-state index contributed by atoms with van der Waals surface area (Å²) in [5.74, 6) is -0.738. The summed E-state index contributed by atoms with van der Waals surface area (Å²) in [5.41, 5.74) is 2.15. The molecular formula is C27H33F3N4O. The van der Waals surface area contributed by atoms with Crippen molar-refractivity contribution in [1.29, 1.82) is 0 Å². The third-order valence-corrected chi connectivity index (χ3v) is 6.95. The number of hydrogen-bond acceptors (Lipinski definition) is 3. The van der Waals surface area contributed by atoms with Crippen LogP contribution in [0, 0.1) is 6.92 Å². The second-order valence-corrected chi connectivity index (χ2v) is 9.58. The van der Waals surface area contributed by atoms with Crippen molar-refractivity contribution < 1.29 is 18.0 Å². The van der Waals surface area contributed by atoms with Crippen molar-refractivity contribution >= 4 is 11.6 Å². The number of rotatable bonds is 8. The van der Waals surface area contributed by atoms with E-state index in [9.17, 15) is 18.0 Å². The average molecular weight is 487 g/mol. The van der Waals surface area contributed by atoms with Gasteiger partial charge in [-0.1, -0.05) is 24.6 Å². The number of carbonyl (C=O) groups is 1. The largest absolute Gasteiger partial charge is 0.416 e. The summed E-state index contributed by atoms with van der Waals surface area (Å²) in [6, 6.07) is 9.65. The normalized spacial score (nSPS) is 18.0. The molecule has 1 fully saturated rings. The Balaban J connectivity index is 1.50. The van der Waals surface area contributed by atoms with Gasteiger partial charge in [-0.2, -0.15) is 13.2 Å². The molecular weight excluding hydrogens is 453 g/mol. The van der Waals surface area contributed by atoms with E-state index in [-0.39, 0.29) is 12.3 Å². The first-order chi connectivity index (χ1) is 16.7. The van der Waals surface area contributed by atoms with E-state index in [4.69, 9.17) is 0 Å². The molecule has 5 nitrogen and oxygen atoms in total. The summed E-state index contributed by atoms with van der Waals surface area (Å²) >= 11 is 0. The maximum absolute atomic E-state index is 13.4. The number of nitrogens with one attached hydrogen (secondary N) is 1. The number of benzene rings is 1. The second-order valence-electron chi connectivity index (χ2n) is 9.58. The number of imidazole rings is 1. The molecule has 2 atom stereocenters. The zero-order valence-electron chi connectivity index (χ0n) is 20.3. The predicted molar refractivity (Wildman–Crippen MR) is 130 cm³/mol. The van der Waals surface area contributed by atoms with Gasteiger partial charge in [0.15, 0.2) is 0 Å². The minimum Gasteiger partial charge on any atom is -0.356 e. The fourth-order valence-corrected chi connectivity index (χ4v) is 4.94. The van der Waals surface area contributed by atoms with Gasteiger partial charge in [-0.3, -0.25) is 4.79 Å². The molecule has 188 valence electrons. The van der Waals surface area contributed by atoms with Gasteiger partial charge < -0.3 is 14.6 Å². The number of hydrogen-bond donors (Lipinski definition) is 1. The number of alkyl halides is 3. The SMILES string of the molecule is Cc1ccn2c(C(CC(=O)NCCCN3CCCCC3C)c3cccc(C(F)(F)F)c3)cnc2c1. The lowest BCUT2D eigenvalue weighted by molar-refractivity contribution is -0.137. The first-order valence-corrected chi connectivity index (χ1v) is 12.3. The van der Waals surface area contributed by atoms with E-state index in [1.54, 1.807) is 12.3 Å². The van der Waals surface area contributed by atoms with Gasteiger partial charge in [-0.15, -0.1) is 0 Å². The summed E-state index contributed by atoms with van der Waals surface area (Å²) < 4.78 is 42.1. The second kappa shape index (κ2) is 10.8. The zero-order chi connectivity index (χ0) is 25.0. The van der Waals surface area contributed by atoms with Crippen LogP contribution < -0.4 is 5.32 Å². The molecule has 2 aromatic heterocycles. The van der Waals surface area contributed by atoms with E-state index in [0.29, 0.717) is 29.5 Å². The third kappa shape index (κ3) is 6.23. The van der Waals surface area contributed by atoms with Gasteiger partial charge in [-0.05, 0) is 69.0 Å². The van der Waals surface area contributed by atoms with Crippen LogP contribution in [0.5, 0.6) is 0 Å². The molecule has 1 amide bonds. The molecule has 1 aromatic carbocycles. The fraction of sp³-hybridized carbons (Fsp3) is 0.481. The number of nitrogens with zero attached hydrogens (tertiary/aromatic N) is 3. The first kappa shape index (κ1) is 25.2. The third-order valence-electron chi connectivity index (χ3n) is 6.95. The van der Waals surface area contributed by atoms with Crippen LogP contribution >= 0.6 is 0 Å². The summed E-state index contributed by atoms with van der Waals surface area (Å²) in [6.45, 7) is 6.78. The topological polar surface area (TPSA) is 49.6 Å². The molecule has 0 spiro atoms. The van der Waals surface area contributed by atoms with E-state index in [1.807, 2.05) is 29.7 Å². The number of likely N-dealkylation sites (tertiary alicyclic amines) is 1. The fourth-order valence-electron chi connectivity index (χ4n) is 4.94. The minimum absolute atomic E-state index is 0.0447. The van der Waals surface area contributed by atoms with Crippen molar-refractivity contribution in [2.75, 3.05) is 19.6 Å². The number of pyridine rings is 1. The van der Waals surface area contributed by atoms with E-state index in [1.165, 1.54) is 25.3 Å². The highest BCUT2D eigenvalue weighted by atomic mass is 19.4. The van der Waals surface area contributed by atoms with Gasteiger partial charge in [0.1, 0.15) is 5.65 Å². The van der Waals surface area contributed by atoms with Crippen molar-refractivity contribution in [3.8, 4) is 0 Å². The standard InChI is InChI=1S/C27H33F3N4O/c1-19-10-14-34-24(18-32-25(34)15-19)23(21-8-5-9-22(16-21)27(28,29)30)17-26(35)31-11-6-13-33-12-4-3-7-20(33)2/h5,8-10,14-16,18,20,23H,3-4,6-7,11-13,17H2,1-2H3,(H,31,35). The van der Waals surface area contributed by atoms with Crippen LogP contribution in [-0.2, 0) is 11.0 Å². The summed E-state index contributed by atoms with van der Waals surface area (Å²) in [5, 5.41) is 2.98. The van der Waals surface area contributed by atoms with Crippen molar-refractivity contribution in [3.63, 3.8) is 0 Å². The molecule has 0 bridgehead atoms. The number of aromatic nitrogens is 2. The van der Waals surface area contributed by atoms with Gasteiger partial charge in [-0.25, -0.2) is 4.98 Å². The van der Waals surface area contributed by atoms with Gasteiger partial charge in [0.05, 0.1) is 11.3 Å². The lowest BCUT2D eigenvalue weighted by atomic mass is 9.91. The molecule has 3 heterocycles. The van der Waals surface area contributed by atoms with E-state index < -0.39 is 17.7 Å². The number of fused-ring (bicyclic) bond motifs is 1. The lowest BCUT2D eigenvalue weighted by Crippen LogP contribution is -2.39. The molecule has 4 rings (SSSR count). The maximum Gasteiger partial charge on any atom is 0.416 e. The van der Waals surface area contributed by atoms with Crippen LogP contribution in [0.15, 0.2) is 48.8 Å². The van der Waals surface area contributed by atoms with E-state index in [0.717, 1.165) is 37.2 Å². The molecule has 0 radical (unpaired) electrons. The Morgan fingerprint density at radius 1 is 1.23 bits per heavy atom. The van der Waals surface area contributed by atoms with E-state index in [2.05, 4.69) is 22.1 Å². The van der Waals surface area contributed by atoms with Crippen LogP contribution in [-0.4, -0.2) is 45.9 Å². The van der Waals surface area contributed by atoms with Crippen molar-refractivity contribution in [2.24, 2.45) is 0 Å². The molecule has 35 heavy (non-hydrogen) atoms. The van der Waals surface area contributed by atoms with Crippen LogP contribution in [0.4, 0.5) is 13.2 Å². The van der Waals surface area contributed by atoms with Gasteiger partial charge in [0.2, 0.25) is 5.91 Å². The Hall–Kier alpha value is -2.87. The highest BCUT2D eigenvalue weighted by Gasteiger charge is 2.32. The molecule has 1 aliphatic heterocycles. The van der Waals surface area contributed by atoms with Crippen LogP contribution in [0.3, 0.4) is 0 Å². The molecule has 2 unspecified atom stereocenters. The summed E-state index contributed by atoms with van der Waals surface area (Å²) in [4.78, 5) is 19.8. The first-order valence-electron chi connectivity index (χ1n) is 12.3. The Kier molecular flexibility index (Phi) is 7.79. The number of piperidine rings is 1. The molecule has 1 saturated heterocycles. The highest BCUT2D eigenvalue weighted by molar-refractivity contribution is 5.77. The molecule has 3 aromatic rings. The molecule has 1 aliphatic rings. The Morgan fingerprint density at radius 2 is 2.06 bits per heavy atom. The molecule has 0 saturated carbocycles. The zero-order valence-corrected chi connectivity index (χ0v) is 20.3. The Labute approximate surface area is 204 Å². The number of carbonyl (C=O) groups excluding carboxylic acids is 1. The number of aryl methyl sites for hydroxylation is 1.